The molecule has 0 aromatic heterocycles. The average Bonchev–Trinajstić information content (AvgIpc) is 2.27. The molecule has 1 aromatic carbocycles. The van der Waals surface area contributed by atoms with Gasteiger partial charge in [-0.3, -0.25) is 0 Å². The van der Waals surface area contributed by atoms with Crippen molar-refractivity contribution in [2.24, 2.45) is 5.73 Å². The highest BCUT2D eigenvalue weighted by Crippen LogP contribution is 2.22. The van der Waals surface area contributed by atoms with Crippen molar-refractivity contribution in [2.75, 3.05) is 6.26 Å². The van der Waals surface area contributed by atoms with Gasteiger partial charge in [0.15, 0.2) is 0 Å². The van der Waals surface area contributed by atoms with Crippen molar-refractivity contribution in [1.82, 2.24) is 4.72 Å². The van der Waals surface area contributed by atoms with Gasteiger partial charge in [0.25, 0.3) is 0 Å². The van der Waals surface area contributed by atoms with Crippen molar-refractivity contribution in [2.45, 2.75) is 34.7 Å². The van der Waals surface area contributed by atoms with Crippen LogP contribution in [-0.2, 0) is 10.0 Å². The summed E-state index contributed by atoms with van der Waals surface area (Å²) in [5.74, 6) is 0. The van der Waals surface area contributed by atoms with E-state index in [1.165, 1.54) is 11.8 Å². The Labute approximate surface area is 106 Å². The fraction of sp³-hybridized carbons (Fsp3) is 0.455. The summed E-state index contributed by atoms with van der Waals surface area (Å²) in [5, 5.41) is 0. The maximum atomic E-state index is 12.0. The maximum absolute atomic E-state index is 12.0. The van der Waals surface area contributed by atoms with Gasteiger partial charge in [-0.05, 0) is 37.3 Å². The first-order chi connectivity index (χ1) is 8.01. The first-order valence-corrected chi connectivity index (χ1v) is 8.14. The number of thioether (sulfide) groups is 1. The monoisotopic (exact) mass is 272 g/mol. The van der Waals surface area contributed by atoms with E-state index < -0.39 is 10.0 Å². The minimum absolute atomic E-state index is 0.00654. The van der Waals surface area contributed by atoms with Crippen molar-refractivity contribution in [3.8, 4) is 0 Å². The van der Waals surface area contributed by atoms with Gasteiger partial charge in [-0.25, -0.2) is 13.1 Å². The van der Waals surface area contributed by atoms with E-state index in [-0.39, 0.29) is 12.1 Å². The van der Waals surface area contributed by atoms with Crippen LogP contribution >= 0.6 is 11.8 Å². The van der Waals surface area contributed by atoms with Gasteiger partial charge >= 0.3 is 0 Å². The minimum Gasteiger partial charge on any atom is -0.328 e. The second-order valence-electron chi connectivity index (χ2n) is 4.23. The van der Waals surface area contributed by atoms with E-state index in [0.29, 0.717) is 4.90 Å². The van der Waals surface area contributed by atoms with E-state index in [9.17, 15) is 8.42 Å². The molecule has 94 valence electrons. The molecule has 0 radical (unpaired) electrons. The highest BCUT2D eigenvalue weighted by atomic mass is 32.2. The normalized spacial score (nSPS) is 24.4. The highest BCUT2D eigenvalue weighted by molar-refractivity contribution is 7.98. The lowest BCUT2D eigenvalue weighted by molar-refractivity contribution is 0.327. The molecular formula is C11H16N2O2S2. The van der Waals surface area contributed by atoms with E-state index in [0.717, 1.165) is 17.7 Å². The number of nitrogens with one attached hydrogen (secondary N) is 1. The zero-order chi connectivity index (χ0) is 12.5. The Morgan fingerprint density at radius 3 is 2.71 bits per heavy atom. The van der Waals surface area contributed by atoms with Gasteiger partial charge < -0.3 is 5.73 Å². The van der Waals surface area contributed by atoms with Crippen molar-refractivity contribution >= 4 is 21.8 Å². The summed E-state index contributed by atoms with van der Waals surface area (Å²) in [5.41, 5.74) is 5.63. The molecule has 0 atom stereocenters. The van der Waals surface area contributed by atoms with Gasteiger partial charge in [0.2, 0.25) is 10.0 Å². The van der Waals surface area contributed by atoms with Crippen LogP contribution in [0.25, 0.3) is 0 Å². The number of hydrogen-bond donors (Lipinski definition) is 2. The Balaban J connectivity index is 2.13. The Morgan fingerprint density at radius 1 is 1.41 bits per heavy atom. The first kappa shape index (κ1) is 12.9. The van der Waals surface area contributed by atoms with Gasteiger partial charge in [0, 0.05) is 17.0 Å². The summed E-state index contributed by atoms with van der Waals surface area (Å²) < 4.78 is 26.8. The van der Waals surface area contributed by atoms with Crippen LogP contribution in [0.1, 0.15) is 12.8 Å². The first-order valence-electron chi connectivity index (χ1n) is 5.43. The molecular weight excluding hydrogens is 256 g/mol. The average molecular weight is 272 g/mol. The van der Waals surface area contributed by atoms with Crippen LogP contribution in [-0.4, -0.2) is 26.8 Å². The molecule has 0 bridgehead atoms. The van der Waals surface area contributed by atoms with E-state index >= 15 is 0 Å². The lowest BCUT2D eigenvalue weighted by atomic mass is 9.89. The van der Waals surface area contributed by atoms with Crippen LogP contribution in [0.3, 0.4) is 0 Å². The summed E-state index contributed by atoms with van der Waals surface area (Å²) in [7, 11) is -3.40. The zero-order valence-electron chi connectivity index (χ0n) is 9.59. The number of hydrogen-bond acceptors (Lipinski definition) is 4. The lowest BCUT2D eigenvalue weighted by Gasteiger charge is -2.32. The molecule has 6 heteroatoms. The van der Waals surface area contributed by atoms with Gasteiger partial charge in [-0.1, -0.05) is 6.07 Å². The Hall–Kier alpha value is -0.560. The smallest absolute Gasteiger partial charge is 0.240 e. The Morgan fingerprint density at radius 2 is 2.12 bits per heavy atom. The van der Waals surface area contributed by atoms with Gasteiger partial charge in [0.1, 0.15) is 0 Å². The molecule has 0 heterocycles. The summed E-state index contributed by atoms with van der Waals surface area (Å²) in [6.45, 7) is 0. The molecule has 0 amide bonds. The third-order valence-electron chi connectivity index (χ3n) is 2.85. The Kier molecular flexibility index (Phi) is 3.77. The largest absolute Gasteiger partial charge is 0.328 e. The second-order valence-corrected chi connectivity index (χ2v) is 6.82. The van der Waals surface area contributed by atoms with Crippen molar-refractivity contribution in [1.29, 1.82) is 0 Å². The van der Waals surface area contributed by atoms with Gasteiger partial charge in [0.05, 0.1) is 4.90 Å². The van der Waals surface area contributed by atoms with Crippen molar-refractivity contribution < 1.29 is 8.42 Å². The Bertz CT molecular complexity index is 496. The molecule has 1 aliphatic carbocycles. The van der Waals surface area contributed by atoms with E-state index in [1.54, 1.807) is 18.2 Å². The number of sulfonamides is 1. The van der Waals surface area contributed by atoms with Crippen LogP contribution in [0.2, 0.25) is 0 Å². The highest BCUT2D eigenvalue weighted by Gasteiger charge is 2.30. The molecule has 1 aromatic rings. The van der Waals surface area contributed by atoms with Crippen LogP contribution in [0.4, 0.5) is 0 Å². The molecule has 17 heavy (non-hydrogen) atoms. The van der Waals surface area contributed by atoms with Gasteiger partial charge in [-0.15, -0.1) is 11.8 Å². The lowest BCUT2D eigenvalue weighted by Crippen LogP contribution is -2.50. The predicted molar refractivity (Wildman–Crippen MR) is 69.5 cm³/mol. The SMILES string of the molecule is CSc1cccc(S(=O)(=O)NC2CC(N)C2)c1. The summed E-state index contributed by atoms with van der Waals surface area (Å²) in [6.07, 6.45) is 3.37. The van der Waals surface area contributed by atoms with Crippen LogP contribution < -0.4 is 10.5 Å². The molecule has 1 aliphatic rings. The van der Waals surface area contributed by atoms with E-state index in [2.05, 4.69) is 4.72 Å². The number of benzene rings is 1. The third-order valence-corrected chi connectivity index (χ3v) is 5.09. The summed E-state index contributed by atoms with van der Waals surface area (Å²) in [4.78, 5) is 1.27. The quantitative estimate of drug-likeness (QED) is 0.807. The van der Waals surface area contributed by atoms with Crippen LogP contribution in [0, 0.1) is 0 Å². The molecule has 0 saturated heterocycles. The standard InChI is InChI=1S/C11H16N2O2S2/c1-16-10-3-2-4-11(7-10)17(14,15)13-9-5-8(12)6-9/h2-4,7-9,13H,5-6,12H2,1H3. The van der Waals surface area contributed by atoms with E-state index in [4.69, 9.17) is 5.73 Å². The van der Waals surface area contributed by atoms with Crippen molar-refractivity contribution in [3.05, 3.63) is 24.3 Å². The molecule has 2 rings (SSSR count). The molecule has 1 fully saturated rings. The minimum atomic E-state index is -3.40. The van der Waals surface area contributed by atoms with Crippen LogP contribution in [0.5, 0.6) is 0 Å². The molecule has 0 spiro atoms. The fourth-order valence-corrected chi connectivity index (χ4v) is 3.66. The number of rotatable bonds is 4. The second kappa shape index (κ2) is 4.97. The van der Waals surface area contributed by atoms with Crippen LogP contribution in [0.15, 0.2) is 34.1 Å². The summed E-state index contributed by atoms with van der Waals surface area (Å²) in [6, 6.07) is 7.08. The topological polar surface area (TPSA) is 72.2 Å². The maximum Gasteiger partial charge on any atom is 0.240 e. The van der Waals surface area contributed by atoms with Gasteiger partial charge in [-0.2, -0.15) is 0 Å². The predicted octanol–water partition coefficient (Wildman–Crippen LogP) is 1.18. The fourth-order valence-electron chi connectivity index (χ4n) is 1.81. The van der Waals surface area contributed by atoms with E-state index in [1.807, 2.05) is 12.3 Å². The molecule has 1 saturated carbocycles. The number of nitrogens with two attached hydrogens (primary N) is 1. The third kappa shape index (κ3) is 3.01. The molecule has 0 aliphatic heterocycles. The molecule has 0 unspecified atom stereocenters. The molecule has 3 N–H and O–H groups in total. The van der Waals surface area contributed by atoms with Crippen molar-refractivity contribution in [3.63, 3.8) is 0 Å². The summed E-state index contributed by atoms with van der Waals surface area (Å²) >= 11 is 1.53. The molecule has 4 nitrogen and oxygen atoms in total. The zero-order valence-corrected chi connectivity index (χ0v) is 11.2.